The zero-order valence-electron chi connectivity index (χ0n) is 7.15. The number of aliphatic hydroxyl groups is 1. The summed E-state index contributed by atoms with van der Waals surface area (Å²) in [5.74, 6) is -0.993. The molecule has 82 valence electrons. The van der Waals surface area contributed by atoms with Crippen molar-refractivity contribution in [3.63, 3.8) is 0 Å². The highest BCUT2D eigenvalue weighted by Gasteiger charge is 2.28. The van der Waals surface area contributed by atoms with Crippen LogP contribution in [0.25, 0.3) is 0 Å². The number of rotatable bonds is 3. The number of aromatic nitrogens is 1. The Morgan fingerprint density at radius 3 is 2.67 bits per heavy atom. The normalized spacial score (nSPS) is 10.7. The van der Waals surface area contributed by atoms with Crippen LogP contribution in [0.5, 0.6) is 0 Å². The topological polar surface area (TPSA) is 76.3 Å². The Morgan fingerprint density at radius 2 is 2.27 bits per heavy atom. The first-order valence-electron chi connectivity index (χ1n) is 3.69. The number of halogens is 3. The van der Waals surface area contributed by atoms with Crippen molar-refractivity contribution in [2.24, 2.45) is 0 Å². The van der Waals surface area contributed by atoms with Crippen LogP contribution in [0.2, 0.25) is 5.02 Å². The van der Waals surface area contributed by atoms with Crippen molar-refractivity contribution in [1.29, 1.82) is 0 Å². The van der Waals surface area contributed by atoms with Crippen molar-refractivity contribution >= 4 is 17.4 Å². The zero-order chi connectivity index (χ0) is 11.6. The molecule has 0 atom stereocenters. The van der Waals surface area contributed by atoms with Gasteiger partial charge in [-0.25, -0.2) is 8.78 Å². The predicted molar refractivity (Wildman–Crippen MR) is 46.8 cm³/mol. The highest BCUT2D eigenvalue weighted by molar-refractivity contribution is 6.32. The van der Waals surface area contributed by atoms with Gasteiger partial charge in [0.25, 0.3) is 6.43 Å². The third-order valence-corrected chi connectivity index (χ3v) is 2.11. The van der Waals surface area contributed by atoms with Crippen molar-refractivity contribution in [3.8, 4) is 0 Å². The molecule has 8 heteroatoms. The number of hydrogen-bond donors (Lipinski definition) is 1. The van der Waals surface area contributed by atoms with Gasteiger partial charge in [-0.1, -0.05) is 11.6 Å². The van der Waals surface area contributed by atoms with E-state index in [9.17, 15) is 18.9 Å². The van der Waals surface area contributed by atoms with E-state index in [-0.39, 0.29) is 5.56 Å². The molecule has 1 aromatic heterocycles. The van der Waals surface area contributed by atoms with Crippen molar-refractivity contribution in [1.82, 2.24) is 4.98 Å². The fourth-order valence-electron chi connectivity index (χ4n) is 0.986. The molecule has 1 rings (SSSR count). The molecule has 0 amide bonds. The van der Waals surface area contributed by atoms with Gasteiger partial charge < -0.3 is 15.2 Å². The summed E-state index contributed by atoms with van der Waals surface area (Å²) in [7, 11) is 0. The van der Waals surface area contributed by atoms with Gasteiger partial charge in [0.2, 0.25) is 0 Å². The Morgan fingerprint density at radius 1 is 1.67 bits per heavy atom. The molecule has 0 spiro atoms. The number of pyridine rings is 1. The first-order chi connectivity index (χ1) is 6.99. The fraction of sp³-hybridized carbons (Fsp3) is 0.286. The van der Waals surface area contributed by atoms with E-state index in [2.05, 4.69) is 4.98 Å². The monoisotopic (exact) mass is 238 g/mol. The number of aliphatic hydroxyl groups excluding tert-OH is 1. The second-order valence-electron chi connectivity index (χ2n) is 2.55. The van der Waals surface area contributed by atoms with Crippen LogP contribution in [0.3, 0.4) is 0 Å². The van der Waals surface area contributed by atoms with Gasteiger partial charge in [-0.2, -0.15) is 0 Å². The molecule has 0 aliphatic rings. The molecule has 0 fully saturated rings. The van der Waals surface area contributed by atoms with Gasteiger partial charge in [-0.15, -0.1) is 0 Å². The van der Waals surface area contributed by atoms with Crippen LogP contribution in [0, 0.1) is 10.1 Å². The molecule has 1 aromatic rings. The predicted octanol–water partition coefficient (Wildman–Crippen LogP) is 2.07. The molecule has 1 heterocycles. The van der Waals surface area contributed by atoms with Crippen LogP contribution in [0.1, 0.15) is 17.6 Å². The maximum Gasteiger partial charge on any atom is 0.373 e. The van der Waals surface area contributed by atoms with Crippen LogP contribution in [-0.4, -0.2) is 15.0 Å². The second kappa shape index (κ2) is 4.45. The largest absolute Gasteiger partial charge is 0.391 e. The number of alkyl halides is 2. The maximum atomic E-state index is 12.5. The summed E-state index contributed by atoms with van der Waals surface area (Å²) in [4.78, 5) is 12.5. The molecule has 0 saturated heterocycles. The lowest BCUT2D eigenvalue weighted by molar-refractivity contribution is -0.391. The standard InChI is InChI=1S/C7H5ClF2N2O3/c8-5-3(2-13)1-11-7(12(14)15)4(5)6(9)10/h1,6,13H,2H2. The molecule has 0 bridgehead atoms. The summed E-state index contributed by atoms with van der Waals surface area (Å²) in [5.41, 5.74) is -1.04. The van der Waals surface area contributed by atoms with E-state index in [0.29, 0.717) is 0 Å². The highest BCUT2D eigenvalue weighted by atomic mass is 35.5. The minimum atomic E-state index is -3.11. The Labute approximate surface area is 87.5 Å². The van der Waals surface area contributed by atoms with Gasteiger partial charge >= 0.3 is 5.82 Å². The third-order valence-electron chi connectivity index (χ3n) is 1.66. The first kappa shape index (κ1) is 11.7. The number of nitrogens with zero attached hydrogens (tertiary/aromatic N) is 2. The van der Waals surface area contributed by atoms with E-state index < -0.39 is 34.4 Å². The SMILES string of the molecule is O=[N+]([O-])c1ncc(CO)c(Cl)c1C(F)F. The molecule has 1 N–H and O–H groups in total. The molecule has 0 aromatic carbocycles. The minimum Gasteiger partial charge on any atom is -0.391 e. The van der Waals surface area contributed by atoms with Crippen molar-refractivity contribution in [2.45, 2.75) is 13.0 Å². The van der Waals surface area contributed by atoms with Crippen LogP contribution in [0.15, 0.2) is 6.20 Å². The van der Waals surface area contributed by atoms with Gasteiger partial charge in [-0.05, 0) is 9.91 Å². The van der Waals surface area contributed by atoms with Gasteiger partial charge in [0, 0.05) is 5.56 Å². The maximum absolute atomic E-state index is 12.5. The Balaban J connectivity index is 3.44. The Hall–Kier alpha value is -1.34. The minimum absolute atomic E-state index is 0.0717. The van der Waals surface area contributed by atoms with E-state index >= 15 is 0 Å². The zero-order valence-corrected chi connectivity index (χ0v) is 7.91. The van der Waals surface area contributed by atoms with Gasteiger partial charge in [0.15, 0.2) is 0 Å². The first-order valence-corrected chi connectivity index (χ1v) is 4.07. The molecule has 0 radical (unpaired) electrons. The second-order valence-corrected chi connectivity index (χ2v) is 2.93. The lowest BCUT2D eigenvalue weighted by atomic mass is 10.2. The van der Waals surface area contributed by atoms with Crippen molar-refractivity contribution in [2.75, 3.05) is 0 Å². The van der Waals surface area contributed by atoms with E-state index in [1.807, 2.05) is 0 Å². The molecule has 0 aliphatic carbocycles. The fourth-order valence-corrected chi connectivity index (χ4v) is 1.26. The molecular weight excluding hydrogens is 234 g/mol. The summed E-state index contributed by atoms with van der Waals surface area (Å²) in [6.45, 7) is -0.608. The number of hydrogen-bond acceptors (Lipinski definition) is 4. The summed E-state index contributed by atoms with van der Waals surface area (Å²) in [5, 5.41) is 18.6. The smallest absolute Gasteiger partial charge is 0.373 e. The summed E-state index contributed by atoms with van der Waals surface area (Å²) in [6.07, 6.45) is -2.22. The Kier molecular flexibility index (Phi) is 3.48. The highest BCUT2D eigenvalue weighted by Crippen LogP contribution is 2.35. The van der Waals surface area contributed by atoms with E-state index in [1.165, 1.54) is 0 Å². The number of nitro groups is 1. The molecular formula is C7H5ClF2N2O3. The summed E-state index contributed by atoms with van der Waals surface area (Å²) < 4.78 is 24.9. The Bertz CT molecular complexity index is 400. The van der Waals surface area contributed by atoms with Crippen molar-refractivity contribution < 1.29 is 18.8 Å². The summed E-state index contributed by atoms with van der Waals surface area (Å²) >= 11 is 5.47. The summed E-state index contributed by atoms with van der Waals surface area (Å²) in [6, 6.07) is 0. The van der Waals surface area contributed by atoms with Crippen LogP contribution < -0.4 is 0 Å². The lowest BCUT2D eigenvalue weighted by Gasteiger charge is -2.05. The molecule has 5 nitrogen and oxygen atoms in total. The third kappa shape index (κ3) is 2.18. The van der Waals surface area contributed by atoms with Crippen LogP contribution in [-0.2, 0) is 6.61 Å². The van der Waals surface area contributed by atoms with E-state index in [0.717, 1.165) is 6.20 Å². The van der Waals surface area contributed by atoms with Gasteiger partial charge in [0.05, 0.1) is 11.6 Å². The average molecular weight is 239 g/mol. The van der Waals surface area contributed by atoms with Gasteiger partial charge in [0.1, 0.15) is 11.8 Å². The molecule has 0 saturated carbocycles. The lowest BCUT2D eigenvalue weighted by Crippen LogP contribution is -2.02. The van der Waals surface area contributed by atoms with Crippen LogP contribution >= 0.6 is 11.6 Å². The average Bonchev–Trinajstić information content (AvgIpc) is 2.16. The molecule has 0 aliphatic heterocycles. The van der Waals surface area contributed by atoms with Crippen molar-refractivity contribution in [3.05, 3.63) is 32.5 Å². The van der Waals surface area contributed by atoms with Crippen LogP contribution in [0.4, 0.5) is 14.6 Å². The van der Waals surface area contributed by atoms with E-state index in [1.54, 1.807) is 0 Å². The molecule has 0 unspecified atom stereocenters. The quantitative estimate of drug-likeness (QED) is 0.646. The van der Waals surface area contributed by atoms with E-state index in [4.69, 9.17) is 16.7 Å². The van der Waals surface area contributed by atoms with Gasteiger partial charge in [-0.3, -0.25) is 0 Å². The molecule has 15 heavy (non-hydrogen) atoms.